The molecule has 0 aromatic heterocycles. The molecule has 0 radical (unpaired) electrons. The number of carbonyl (C=O) groups is 1. The van der Waals surface area contributed by atoms with Gasteiger partial charge in [0.05, 0.1) is 5.54 Å². The van der Waals surface area contributed by atoms with Crippen molar-refractivity contribution in [2.24, 2.45) is 5.73 Å². The minimum Gasteiger partial charge on any atom is -0.332 e. The highest BCUT2D eigenvalue weighted by molar-refractivity contribution is 5.95. The Morgan fingerprint density at radius 1 is 1.50 bits per heavy atom. The molecule has 0 aliphatic carbocycles. The van der Waals surface area contributed by atoms with Crippen LogP contribution in [0.5, 0.6) is 0 Å². The van der Waals surface area contributed by atoms with E-state index in [-0.39, 0.29) is 23.3 Å². The van der Waals surface area contributed by atoms with Crippen molar-refractivity contribution in [2.45, 2.75) is 38.8 Å². The molecule has 1 heterocycles. The van der Waals surface area contributed by atoms with Crippen molar-refractivity contribution >= 4 is 5.91 Å². The standard InChI is InChI=1S/C14H19FN2O/c1-9-8-10(4-5-11(9)15)13(18)17-7-6-12(16)14(17,2)3/h4-5,8,12H,6-7,16H2,1-3H3. The summed E-state index contributed by atoms with van der Waals surface area (Å²) in [5.74, 6) is -0.361. The summed E-state index contributed by atoms with van der Waals surface area (Å²) in [7, 11) is 0. The Morgan fingerprint density at radius 2 is 2.17 bits per heavy atom. The highest BCUT2D eigenvalue weighted by Crippen LogP contribution is 2.29. The molecule has 1 unspecified atom stereocenters. The molecule has 1 aliphatic rings. The van der Waals surface area contributed by atoms with Crippen molar-refractivity contribution in [2.75, 3.05) is 6.54 Å². The van der Waals surface area contributed by atoms with Gasteiger partial charge in [-0.3, -0.25) is 4.79 Å². The Balaban J connectivity index is 2.29. The lowest BCUT2D eigenvalue weighted by Gasteiger charge is -2.34. The highest BCUT2D eigenvalue weighted by Gasteiger charge is 2.41. The summed E-state index contributed by atoms with van der Waals surface area (Å²) in [4.78, 5) is 14.2. The number of halogens is 1. The van der Waals surface area contributed by atoms with Crippen LogP contribution in [0.4, 0.5) is 4.39 Å². The molecule has 1 aliphatic heterocycles. The van der Waals surface area contributed by atoms with Gasteiger partial charge < -0.3 is 10.6 Å². The summed E-state index contributed by atoms with van der Waals surface area (Å²) in [5.41, 5.74) is 6.68. The van der Waals surface area contributed by atoms with Crippen LogP contribution >= 0.6 is 0 Å². The molecule has 18 heavy (non-hydrogen) atoms. The van der Waals surface area contributed by atoms with Gasteiger partial charge in [0.25, 0.3) is 5.91 Å². The molecule has 0 spiro atoms. The lowest BCUT2D eigenvalue weighted by Crippen LogP contribution is -2.51. The number of hydrogen-bond acceptors (Lipinski definition) is 2. The number of nitrogens with two attached hydrogens (primary N) is 1. The summed E-state index contributed by atoms with van der Waals surface area (Å²) >= 11 is 0. The molecular weight excluding hydrogens is 231 g/mol. The molecule has 2 rings (SSSR count). The second-order valence-corrected chi connectivity index (χ2v) is 5.47. The second-order valence-electron chi connectivity index (χ2n) is 5.47. The average molecular weight is 250 g/mol. The zero-order valence-corrected chi connectivity index (χ0v) is 11.0. The summed E-state index contributed by atoms with van der Waals surface area (Å²) in [6, 6.07) is 4.45. The first-order valence-electron chi connectivity index (χ1n) is 6.17. The molecule has 1 amide bonds. The van der Waals surface area contributed by atoms with E-state index < -0.39 is 0 Å². The number of nitrogens with zero attached hydrogens (tertiary/aromatic N) is 1. The van der Waals surface area contributed by atoms with Gasteiger partial charge in [0, 0.05) is 18.2 Å². The zero-order chi connectivity index (χ0) is 13.5. The summed E-state index contributed by atoms with van der Waals surface area (Å²) < 4.78 is 13.2. The SMILES string of the molecule is Cc1cc(C(=O)N2CCC(N)C2(C)C)ccc1F. The van der Waals surface area contributed by atoms with Gasteiger partial charge in [-0.25, -0.2) is 4.39 Å². The largest absolute Gasteiger partial charge is 0.332 e. The lowest BCUT2D eigenvalue weighted by molar-refractivity contribution is 0.0637. The maximum atomic E-state index is 13.2. The van der Waals surface area contributed by atoms with E-state index in [4.69, 9.17) is 5.73 Å². The van der Waals surface area contributed by atoms with Crippen LogP contribution in [-0.4, -0.2) is 28.9 Å². The van der Waals surface area contributed by atoms with Gasteiger partial charge in [-0.15, -0.1) is 0 Å². The van der Waals surface area contributed by atoms with Crippen LogP contribution in [-0.2, 0) is 0 Å². The first kappa shape index (κ1) is 13.0. The van der Waals surface area contributed by atoms with Gasteiger partial charge in [0.2, 0.25) is 0 Å². The van der Waals surface area contributed by atoms with Crippen LogP contribution in [0.15, 0.2) is 18.2 Å². The molecule has 3 nitrogen and oxygen atoms in total. The van der Waals surface area contributed by atoms with E-state index in [0.29, 0.717) is 17.7 Å². The quantitative estimate of drug-likeness (QED) is 0.829. The van der Waals surface area contributed by atoms with E-state index in [0.717, 1.165) is 6.42 Å². The van der Waals surface area contributed by atoms with Crippen molar-refractivity contribution < 1.29 is 9.18 Å². The van der Waals surface area contributed by atoms with Crippen molar-refractivity contribution in [3.8, 4) is 0 Å². The second kappa shape index (κ2) is 4.35. The fourth-order valence-corrected chi connectivity index (χ4v) is 2.41. The number of hydrogen-bond donors (Lipinski definition) is 1. The fourth-order valence-electron chi connectivity index (χ4n) is 2.41. The van der Waals surface area contributed by atoms with Crippen LogP contribution in [0.3, 0.4) is 0 Å². The molecule has 0 saturated carbocycles. The predicted octanol–water partition coefficient (Wildman–Crippen LogP) is 2.09. The Labute approximate surface area is 107 Å². The van der Waals surface area contributed by atoms with E-state index in [2.05, 4.69) is 0 Å². The Morgan fingerprint density at radius 3 is 2.67 bits per heavy atom. The fraction of sp³-hybridized carbons (Fsp3) is 0.500. The number of benzene rings is 1. The van der Waals surface area contributed by atoms with E-state index in [1.807, 2.05) is 13.8 Å². The van der Waals surface area contributed by atoms with Gasteiger partial charge in [0.15, 0.2) is 0 Å². The minimum absolute atomic E-state index is 0.0111. The smallest absolute Gasteiger partial charge is 0.254 e. The Kier molecular flexibility index (Phi) is 3.15. The molecule has 2 N–H and O–H groups in total. The average Bonchev–Trinajstić information content (AvgIpc) is 2.57. The van der Waals surface area contributed by atoms with Crippen molar-refractivity contribution in [1.29, 1.82) is 0 Å². The molecule has 1 fully saturated rings. The number of aryl methyl sites for hydroxylation is 1. The minimum atomic E-state index is -0.348. The first-order chi connectivity index (χ1) is 8.34. The lowest BCUT2D eigenvalue weighted by atomic mass is 9.96. The normalized spacial score (nSPS) is 22.3. The van der Waals surface area contributed by atoms with E-state index >= 15 is 0 Å². The summed E-state index contributed by atoms with van der Waals surface area (Å²) in [6.45, 7) is 6.26. The molecule has 1 saturated heterocycles. The van der Waals surface area contributed by atoms with Crippen molar-refractivity contribution in [1.82, 2.24) is 4.90 Å². The molecule has 98 valence electrons. The van der Waals surface area contributed by atoms with Crippen LogP contribution in [0.25, 0.3) is 0 Å². The van der Waals surface area contributed by atoms with Crippen molar-refractivity contribution in [3.63, 3.8) is 0 Å². The van der Waals surface area contributed by atoms with Gasteiger partial charge >= 0.3 is 0 Å². The molecule has 1 aromatic rings. The predicted molar refractivity (Wildman–Crippen MR) is 68.8 cm³/mol. The Bertz CT molecular complexity index is 485. The third-order valence-corrected chi connectivity index (χ3v) is 3.92. The van der Waals surface area contributed by atoms with Gasteiger partial charge in [-0.1, -0.05) is 0 Å². The molecular formula is C14H19FN2O. The molecule has 1 aromatic carbocycles. The Hall–Kier alpha value is -1.42. The van der Waals surface area contributed by atoms with Gasteiger partial charge in [-0.2, -0.15) is 0 Å². The van der Waals surface area contributed by atoms with E-state index in [1.165, 1.54) is 12.1 Å². The number of amides is 1. The van der Waals surface area contributed by atoms with Crippen LogP contribution in [0.2, 0.25) is 0 Å². The van der Waals surface area contributed by atoms with Gasteiger partial charge in [0.1, 0.15) is 5.82 Å². The van der Waals surface area contributed by atoms with E-state index in [9.17, 15) is 9.18 Å². The van der Waals surface area contributed by atoms with E-state index in [1.54, 1.807) is 17.9 Å². The van der Waals surface area contributed by atoms with Crippen LogP contribution in [0, 0.1) is 12.7 Å². The van der Waals surface area contributed by atoms with Crippen LogP contribution in [0.1, 0.15) is 36.2 Å². The summed E-state index contributed by atoms with van der Waals surface area (Å²) in [6.07, 6.45) is 0.804. The summed E-state index contributed by atoms with van der Waals surface area (Å²) in [5, 5.41) is 0. The maximum Gasteiger partial charge on any atom is 0.254 e. The monoisotopic (exact) mass is 250 g/mol. The maximum absolute atomic E-state index is 13.2. The van der Waals surface area contributed by atoms with Gasteiger partial charge in [-0.05, 0) is 51.0 Å². The third-order valence-electron chi connectivity index (χ3n) is 3.92. The first-order valence-corrected chi connectivity index (χ1v) is 6.17. The number of likely N-dealkylation sites (tertiary alicyclic amines) is 1. The molecule has 0 bridgehead atoms. The molecule has 1 atom stereocenters. The zero-order valence-electron chi connectivity index (χ0n) is 11.0. The number of carbonyl (C=O) groups excluding carboxylic acids is 1. The highest BCUT2D eigenvalue weighted by atomic mass is 19.1. The van der Waals surface area contributed by atoms with Crippen molar-refractivity contribution in [3.05, 3.63) is 35.1 Å². The molecule has 4 heteroatoms. The third kappa shape index (κ3) is 2.01. The number of rotatable bonds is 1. The topological polar surface area (TPSA) is 46.3 Å². The van der Waals surface area contributed by atoms with Crippen LogP contribution < -0.4 is 5.73 Å².